The summed E-state index contributed by atoms with van der Waals surface area (Å²) in [5.74, 6) is -0.829. The first kappa shape index (κ1) is 11.6. The van der Waals surface area contributed by atoms with Crippen LogP contribution in [0.5, 0.6) is 0 Å². The molecular weight excluding hydrogens is 194 g/mol. The van der Waals surface area contributed by atoms with E-state index in [2.05, 4.69) is 9.97 Å². The fourth-order valence-corrected chi connectivity index (χ4v) is 1.41. The van der Waals surface area contributed by atoms with E-state index in [0.717, 1.165) is 17.0 Å². The van der Waals surface area contributed by atoms with Gasteiger partial charge in [-0.05, 0) is 20.9 Å². The molecule has 0 bridgehead atoms. The van der Waals surface area contributed by atoms with E-state index >= 15 is 0 Å². The quantitative estimate of drug-likeness (QED) is 0.787. The number of aryl methyl sites for hydroxylation is 2. The number of aromatic nitrogens is 2. The zero-order chi connectivity index (χ0) is 11.4. The maximum absolute atomic E-state index is 10.5. The SMILES string of the molecule is Cc1ncnc(C)c1CN(C)CC(=O)O. The van der Waals surface area contributed by atoms with Crippen molar-refractivity contribution in [1.29, 1.82) is 0 Å². The standard InChI is InChI=1S/C10H15N3O2/c1-7-9(8(2)12-6-11-7)4-13(3)5-10(14)15/h6H,4-5H2,1-3H3,(H,14,15). The third-order valence-electron chi connectivity index (χ3n) is 2.21. The molecule has 15 heavy (non-hydrogen) atoms. The topological polar surface area (TPSA) is 66.3 Å². The molecule has 1 aromatic rings. The van der Waals surface area contributed by atoms with Crippen LogP contribution in [0, 0.1) is 13.8 Å². The second-order valence-electron chi connectivity index (χ2n) is 3.59. The molecule has 0 aliphatic rings. The molecule has 5 nitrogen and oxygen atoms in total. The smallest absolute Gasteiger partial charge is 0.317 e. The summed E-state index contributed by atoms with van der Waals surface area (Å²) in [4.78, 5) is 20.4. The van der Waals surface area contributed by atoms with E-state index in [9.17, 15) is 4.79 Å². The van der Waals surface area contributed by atoms with Crippen molar-refractivity contribution in [3.8, 4) is 0 Å². The van der Waals surface area contributed by atoms with Crippen molar-refractivity contribution in [3.05, 3.63) is 23.3 Å². The fourth-order valence-electron chi connectivity index (χ4n) is 1.41. The molecule has 0 unspecified atom stereocenters. The highest BCUT2D eigenvalue weighted by Crippen LogP contribution is 2.10. The molecule has 0 aliphatic carbocycles. The van der Waals surface area contributed by atoms with Crippen LogP contribution in [0.3, 0.4) is 0 Å². The molecule has 0 aliphatic heterocycles. The molecule has 0 fully saturated rings. The van der Waals surface area contributed by atoms with E-state index in [-0.39, 0.29) is 6.54 Å². The zero-order valence-corrected chi connectivity index (χ0v) is 9.19. The van der Waals surface area contributed by atoms with Crippen LogP contribution < -0.4 is 0 Å². The van der Waals surface area contributed by atoms with Gasteiger partial charge in [0, 0.05) is 23.5 Å². The zero-order valence-electron chi connectivity index (χ0n) is 9.19. The van der Waals surface area contributed by atoms with Crippen LogP contribution in [0.15, 0.2) is 6.33 Å². The number of carboxylic acid groups (broad SMARTS) is 1. The van der Waals surface area contributed by atoms with E-state index in [0.29, 0.717) is 6.54 Å². The lowest BCUT2D eigenvalue weighted by Crippen LogP contribution is -2.26. The summed E-state index contributed by atoms with van der Waals surface area (Å²) in [7, 11) is 1.76. The van der Waals surface area contributed by atoms with Crippen LogP contribution in [0.2, 0.25) is 0 Å². The Morgan fingerprint density at radius 3 is 2.40 bits per heavy atom. The molecule has 1 rings (SSSR count). The van der Waals surface area contributed by atoms with Gasteiger partial charge < -0.3 is 5.11 Å². The van der Waals surface area contributed by atoms with Gasteiger partial charge in [0.15, 0.2) is 0 Å². The summed E-state index contributed by atoms with van der Waals surface area (Å²) in [5, 5.41) is 8.63. The number of rotatable bonds is 4. The third-order valence-corrected chi connectivity index (χ3v) is 2.21. The summed E-state index contributed by atoms with van der Waals surface area (Å²) in [6.07, 6.45) is 1.52. The van der Waals surface area contributed by atoms with Crippen LogP contribution in [0.1, 0.15) is 17.0 Å². The Kier molecular flexibility index (Phi) is 3.74. The van der Waals surface area contributed by atoms with Crippen LogP contribution in [-0.2, 0) is 11.3 Å². The van der Waals surface area contributed by atoms with Crippen molar-refractivity contribution < 1.29 is 9.90 Å². The summed E-state index contributed by atoms with van der Waals surface area (Å²) in [5.41, 5.74) is 2.81. The predicted octanol–water partition coefficient (Wildman–Crippen LogP) is 0.610. The highest BCUT2D eigenvalue weighted by atomic mass is 16.4. The first-order valence-electron chi connectivity index (χ1n) is 4.68. The van der Waals surface area contributed by atoms with Gasteiger partial charge in [-0.25, -0.2) is 9.97 Å². The monoisotopic (exact) mass is 209 g/mol. The third kappa shape index (κ3) is 3.28. The maximum Gasteiger partial charge on any atom is 0.317 e. The molecule has 0 saturated carbocycles. The fraction of sp³-hybridized carbons (Fsp3) is 0.500. The minimum absolute atomic E-state index is 0.0216. The highest BCUT2D eigenvalue weighted by Gasteiger charge is 2.09. The van der Waals surface area contributed by atoms with Gasteiger partial charge in [0.25, 0.3) is 0 Å². The number of carboxylic acids is 1. The van der Waals surface area contributed by atoms with Gasteiger partial charge in [-0.2, -0.15) is 0 Å². The molecule has 5 heteroatoms. The van der Waals surface area contributed by atoms with Crippen LogP contribution in [0.25, 0.3) is 0 Å². The van der Waals surface area contributed by atoms with Gasteiger partial charge in [0.1, 0.15) is 6.33 Å². The molecule has 0 aromatic carbocycles. The number of carbonyl (C=O) groups is 1. The lowest BCUT2D eigenvalue weighted by atomic mass is 10.1. The second kappa shape index (κ2) is 4.84. The Morgan fingerprint density at radius 1 is 1.40 bits per heavy atom. The Hall–Kier alpha value is -1.49. The Balaban J connectivity index is 2.76. The minimum Gasteiger partial charge on any atom is -0.480 e. The summed E-state index contributed by atoms with van der Waals surface area (Å²) in [6.45, 7) is 4.38. The first-order chi connectivity index (χ1) is 7.00. The lowest BCUT2D eigenvalue weighted by Gasteiger charge is -2.16. The van der Waals surface area contributed by atoms with Crippen molar-refractivity contribution in [2.24, 2.45) is 0 Å². The molecule has 0 radical (unpaired) electrons. The lowest BCUT2D eigenvalue weighted by molar-refractivity contribution is -0.138. The number of hydrogen-bond acceptors (Lipinski definition) is 4. The van der Waals surface area contributed by atoms with Gasteiger partial charge in [-0.15, -0.1) is 0 Å². The van der Waals surface area contributed by atoms with Gasteiger partial charge in [-0.3, -0.25) is 9.69 Å². The summed E-state index contributed by atoms with van der Waals surface area (Å²) >= 11 is 0. The Labute approximate surface area is 88.8 Å². The van der Waals surface area contributed by atoms with Gasteiger partial charge >= 0.3 is 5.97 Å². The predicted molar refractivity (Wildman–Crippen MR) is 55.5 cm³/mol. The van der Waals surface area contributed by atoms with Crippen molar-refractivity contribution in [2.75, 3.05) is 13.6 Å². The number of nitrogens with zero attached hydrogens (tertiary/aromatic N) is 3. The number of hydrogen-bond donors (Lipinski definition) is 1. The van der Waals surface area contributed by atoms with Crippen molar-refractivity contribution in [3.63, 3.8) is 0 Å². The van der Waals surface area contributed by atoms with Gasteiger partial charge in [0.2, 0.25) is 0 Å². The summed E-state index contributed by atoms with van der Waals surface area (Å²) in [6, 6.07) is 0. The van der Waals surface area contributed by atoms with Crippen molar-refractivity contribution in [1.82, 2.24) is 14.9 Å². The van der Waals surface area contributed by atoms with E-state index < -0.39 is 5.97 Å². The molecule has 0 amide bonds. The first-order valence-corrected chi connectivity index (χ1v) is 4.68. The molecule has 82 valence electrons. The summed E-state index contributed by atoms with van der Waals surface area (Å²) < 4.78 is 0. The van der Waals surface area contributed by atoms with Crippen molar-refractivity contribution in [2.45, 2.75) is 20.4 Å². The largest absolute Gasteiger partial charge is 0.480 e. The van der Waals surface area contributed by atoms with Gasteiger partial charge in [-0.1, -0.05) is 0 Å². The number of likely N-dealkylation sites (N-methyl/N-ethyl adjacent to an activating group) is 1. The van der Waals surface area contributed by atoms with Crippen LogP contribution in [-0.4, -0.2) is 39.5 Å². The van der Waals surface area contributed by atoms with Crippen LogP contribution >= 0.6 is 0 Å². The van der Waals surface area contributed by atoms with Crippen LogP contribution in [0.4, 0.5) is 0 Å². The van der Waals surface area contributed by atoms with Gasteiger partial charge in [0.05, 0.1) is 6.54 Å². The average molecular weight is 209 g/mol. The van der Waals surface area contributed by atoms with E-state index in [1.165, 1.54) is 6.33 Å². The Morgan fingerprint density at radius 2 is 1.93 bits per heavy atom. The normalized spacial score (nSPS) is 10.7. The number of aliphatic carboxylic acids is 1. The van der Waals surface area contributed by atoms with Crippen molar-refractivity contribution >= 4 is 5.97 Å². The Bertz CT molecular complexity index is 345. The minimum atomic E-state index is -0.829. The van der Waals surface area contributed by atoms with E-state index in [1.54, 1.807) is 11.9 Å². The maximum atomic E-state index is 10.5. The molecule has 1 N–H and O–H groups in total. The average Bonchev–Trinajstić information content (AvgIpc) is 2.10. The highest BCUT2D eigenvalue weighted by molar-refractivity contribution is 5.69. The molecule has 1 aromatic heterocycles. The van der Waals surface area contributed by atoms with E-state index in [4.69, 9.17) is 5.11 Å². The second-order valence-corrected chi connectivity index (χ2v) is 3.59. The van der Waals surface area contributed by atoms with E-state index in [1.807, 2.05) is 13.8 Å². The molecule has 0 spiro atoms. The molecule has 0 atom stereocenters. The molecular formula is C10H15N3O2. The molecule has 0 saturated heterocycles. The molecule has 1 heterocycles.